The van der Waals surface area contributed by atoms with Crippen LogP contribution < -0.4 is 11.1 Å². The van der Waals surface area contributed by atoms with Gasteiger partial charge in [0.1, 0.15) is 9.84 Å². The molecule has 3 N–H and O–H groups in total. The van der Waals surface area contributed by atoms with Gasteiger partial charge in [-0.05, 0) is 25.2 Å². The lowest BCUT2D eigenvalue weighted by molar-refractivity contribution is -0.123. The maximum atomic E-state index is 12.0. The SMILES string of the molecule is CC(NC(=O)C(N)CCS(C)(=O)=O)C(C)C1CCCCC1.Cl. The highest BCUT2D eigenvalue weighted by Crippen LogP contribution is 2.31. The van der Waals surface area contributed by atoms with Crippen LogP contribution in [0, 0.1) is 11.8 Å². The van der Waals surface area contributed by atoms with E-state index in [9.17, 15) is 13.2 Å². The molecule has 1 rings (SSSR count). The molecular formula is C15H31ClN2O3S. The molecule has 3 unspecified atom stereocenters. The van der Waals surface area contributed by atoms with E-state index in [4.69, 9.17) is 5.73 Å². The Morgan fingerprint density at radius 3 is 2.27 bits per heavy atom. The van der Waals surface area contributed by atoms with Crippen LogP contribution in [0.5, 0.6) is 0 Å². The third-order valence-electron chi connectivity index (χ3n) is 4.69. The zero-order valence-electron chi connectivity index (χ0n) is 13.9. The fourth-order valence-corrected chi connectivity index (χ4v) is 3.69. The Balaban J connectivity index is 0.00000441. The number of hydrogen-bond donors (Lipinski definition) is 2. The molecule has 5 nitrogen and oxygen atoms in total. The first-order valence-corrected chi connectivity index (χ1v) is 10.0. The third kappa shape index (κ3) is 7.79. The molecule has 22 heavy (non-hydrogen) atoms. The van der Waals surface area contributed by atoms with E-state index < -0.39 is 15.9 Å². The van der Waals surface area contributed by atoms with Crippen molar-refractivity contribution in [3.05, 3.63) is 0 Å². The summed E-state index contributed by atoms with van der Waals surface area (Å²) in [7, 11) is -3.07. The molecule has 3 atom stereocenters. The maximum Gasteiger partial charge on any atom is 0.237 e. The van der Waals surface area contributed by atoms with E-state index in [0.29, 0.717) is 11.8 Å². The molecule has 0 bridgehead atoms. The number of halogens is 1. The standard InChI is InChI=1S/C15H30N2O3S.ClH/c1-11(13-7-5-4-6-8-13)12(2)17-15(18)14(16)9-10-21(3,19)20;/h11-14H,4-10,16H2,1-3H3,(H,17,18);1H. The third-order valence-corrected chi connectivity index (χ3v) is 5.67. The van der Waals surface area contributed by atoms with Gasteiger partial charge < -0.3 is 11.1 Å². The molecule has 0 aromatic rings. The van der Waals surface area contributed by atoms with Crippen molar-refractivity contribution in [2.24, 2.45) is 17.6 Å². The summed E-state index contributed by atoms with van der Waals surface area (Å²) in [5, 5.41) is 2.95. The Labute approximate surface area is 141 Å². The van der Waals surface area contributed by atoms with Crippen LogP contribution in [0.1, 0.15) is 52.4 Å². The quantitative estimate of drug-likeness (QED) is 0.730. The van der Waals surface area contributed by atoms with Crippen LogP contribution in [0.25, 0.3) is 0 Å². The average Bonchev–Trinajstić information content (AvgIpc) is 2.43. The van der Waals surface area contributed by atoms with E-state index in [1.165, 1.54) is 32.1 Å². The van der Waals surface area contributed by atoms with Gasteiger partial charge in [0.25, 0.3) is 0 Å². The van der Waals surface area contributed by atoms with Gasteiger partial charge in [0.05, 0.1) is 11.8 Å². The van der Waals surface area contributed by atoms with Gasteiger partial charge in [-0.25, -0.2) is 8.42 Å². The molecule has 1 saturated carbocycles. The van der Waals surface area contributed by atoms with E-state index in [1.54, 1.807) is 0 Å². The Morgan fingerprint density at radius 1 is 1.23 bits per heavy atom. The Kier molecular flexibility index (Phi) is 9.58. The minimum absolute atomic E-state index is 0. The van der Waals surface area contributed by atoms with Crippen molar-refractivity contribution in [1.29, 1.82) is 0 Å². The fourth-order valence-electron chi connectivity index (χ4n) is 3.00. The van der Waals surface area contributed by atoms with Crippen LogP contribution in [0.3, 0.4) is 0 Å². The molecule has 1 fully saturated rings. The van der Waals surface area contributed by atoms with E-state index in [1.807, 2.05) is 6.92 Å². The Bertz CT molecular complexity index is 436. The zero-order valence-corrected chi connectivity index (χ0v) is 15.5. The molecule has 132 valence electrons. The molecule has 0 spiro atoms. The smallest absolute Gasteiger partial charge is 0.237 e. The fraction of sp³-hybridized carbons (Fsp3) is 0.933. The van der Waals surface area contributed by atoms with Gasteiger partial charge in [-0.1, -0.05) is 39.0 Å². The van der Waals surface area contributed by atoms with E-state index >= 15 is 0 Å². The first kappa shape index (κ1) is 21.7. The summed E-state index contributed by atoms with van der Waals surface area (Å²) in [5.41, 5.74) is 5.77. The number of carbonyl (C=O) groups excluding carboxylic acids is 1. The molecule has 0 aromatic carbocycles. The summed E-state index contributed by atoms with van der Waals surface area (Å²) in [4.78, 5) is 12.0. The number of nitrogens with one attached hydrogen (secondary N) is 1. The van der Waals surface area contributed by atoms with Crippen molar-refractivity contribution in [1.82, 2.24) is 5.32 Å². The van der Waals surface area contributed by atoms with Crippen LogP contribution >= 0.6 is 12.4 Å². The van der Waals surface area contributed by atoms with Gasteiger partial charge in [-0.2, -0.15) is 0 Å². The molecule has 1 aliphatic carbocycles. The van der Waals surface area contributed by atoms with Crippen LogP contribution in [-0.4, -0.2) is 38.4 Å². The number of carbonyl (C=O) groups is 1. The van der Waals surface area contributed by atoms with E-state index in [2.05, 4.69) is 12.2 Å². The average molecular weight is 355 g/mol. The maximum absolute atomic E-state index is 12.0. The largest absolute Gasteiger partial charge is 0.352 e. The Morgan fingerprint density at radius 2 is 1.77 bits per heavy atom. The first-order valence-electron chi connectivity index (χ1n) is 7.94. The monoisotopic (exact) mass is 354 g/mol. The topological polar surface area (TPSA) is 89.3 Å². The molecule has 0 aliphatic heterocycles. The molecule has 0 saturated heterocycles. The van der Waals surface area contributed by atoms with Gasteiger partial charge in [0.15, 0.2) is 0 Å². The van der Waals surface area contributed by atoms with E-state index in [0.717, 1.165) is 6.26 Å². The number of nitrogens with two attached hydrogens (primary N) is 1. The van der Waals surface area contributed by atoms with Crippen molar-refractivity contribution >= 4 is 28.2 Å². The van der Waals surface area contributed by atoms with Gasteiger partial charge >= 0.3 is 0 Å². The summed E-state index contributed by atoms with van der Waals surface area (Å²) >= 11 is 0. The predicted octanol–water partition coefficient (Wildman–Crippen LogP) is 1.89. The highest BCUT2D eigenvalue weighted by atomic mass is 35.5. The van der Waals surface area contributed by atoms with Gasteiger partial charge in [0.2, 0.25) is 5.91 Å². The second-order valence-corrected chi connectivity index (χ2v) is 8.84. The summed E-state index contributed by atoms with van der Waals surface area (Å²) in [6.45, 7) is 4.20. The minimum Gasteiger partial charge on any atom is -0.352 e. The number of hydrogen-bond acceptors (Lipinski definition) is 4. The second kappa shape index (κ2) is 9.73. The van der Waals surface area contributed by atoms with Gasteiger partial charge in [-0.15, -0.1) is 12.4 Å². The number of rotatable bonds is 7. The number of sulfone groups is 1. The lowest BCUT2D eigenvalue weighted by atomic mass is 9.78. The molecule has 0 aromatic heterocycles. The van der Waals surface area contributed by atoms with E-state index in [-0.39, 0.29) is 36.5 Å². The summed E-state index contributed by atoms with van der Waals surface area (Å²) in [5.74, 6) is 0.806. The Hall–Kier alpha value is -0.330. The van der Waals surface area contributed by atoms with Crippen LogP contribution in [-0.2, 0) is 14.6 Å². The van der Waals surface area contributed by atoms with Gasteiger partial charge in [0, 0.05) is 12.3 Å². The van der Waals surface area contributed by atoms with Crippen molar-refractivity contribution in [2.75, 3.05) is 12.0 Å². The van der Waals surface area contributed by atoms with Crippen molar-refractivity contribution < 1.29 is 13.2 Å². The van der Waals surface area contributed by atoms with Crippen molar-refractivity contribution in [3.8, 4) is 0 Å². The highest BCUT2D eigenvalue weighted by molar-refractivity contribution is 7.90. The van der Waals surface area contributed by atoms with Crippen molar-refractivity contribution in [2.45, 2.75) is 64.5 Å². The lowest BCUT2D eigenvalue weighted by Gasteiger charge is -2.32. The molecule has 7 heteroatoms. The van der Waals surface area contributed by atoms with Crippen LogP contribution in [0.2, 0.25) is 0 Å². The molecular weight excluding hydrogens is 324 g/mol. The molecule has 1 amide bonds. The molecule has 0 heterocycles. The van der Waals surface area contributed by atoms with Crippen LogP contribution in [0.15, 0.2) is 0 Å². The molecule has 0 radical (unpaired) electrons. The summed E-state index contributed by atoms with van der Waals surface area (Å²) < 4.78 is 22.2. The summed E-state index contributed by atoms with van der Waals surface area (Å²) in [6.07, 6.45) is 7.69. The second-order valence-electron chi connectivity index (χ2n) is 6.58. The van der Waals surface area contributed by atoms with Crippen molar-refractivity contribution in [3.63, 3.8) is 0 Å². The normalized spacial score (nSPS) is 20.5. The molecule has 1 aliphatic rings. The number of amides is 1. The minimum atomic E-state index is -3.07. The predicted molar refractivity (Wildman–Crippen MR) is 92.9 cm³/mol. The van der Waals surface area contributed by atoms with Crippen LogP contribution in [0.4, 0.5) is 0 Å². The lowest BCUT2D eigenvalue weighted by Crippen LogP contribution is -2.48. The van der Waals surface area contributed by atoms with Gasteiger partial charge in [-0.3, -0.25) is 4.79 Å². The highest BCUT2D eigenvalue weighted by Gasteiger charge is 2.26. The zero-order chi connectivity index (χ0) is 16.0. The summed E-state index contributed by atoms with van der Waals surface area (Å²) in [6, 6.07) is -0.675. The first-order chi connectivity index (χ1) is 9.70.